The van der Waals surface area contributed by atoms with Crippen LogP contribution in [0, 0.1) is 0 Å². The fourth-order valence-corrected chi connectivity index (χ4v) is 3.10. The number of hydrogen-bond donors (Lipinski definition) is 0. The fourth-order valence-electron chi connectivity index (χ4n) is 2.67. The topological polar surface area (TPSA) is 25.2 Å². The number of nitrogens with zero attached hydrogens (tertiary/aromatic N) is 2. The lowest BCUT2D eigenvalue weighted by molar-refractivity contribution is 0.0639. The van der Waals surface area contributed by atoms with E-state index in [1.54, 1.807) is 0 Å². The fraction of sp³-hybridized carbons (Fsp3) is 0.643. The number of likely N-dealkylation sites (tertiary alicyclic amines) is 1. The van der Waals surface area contributed by atoms with Crippen LogP contribution in [0.2, 0.25) is 0 Å². The maximum atomic E-state index is 12.7. The van der Waals surface area contributed by atoms with Crippen molar-refractivity contribution >= 4 is 21.8 Å². The molecule has 0 bridgehead atoms. The predicted octanol–water partition coefficient (Wildman–Crippen LogP) is 3.85. The van der Waals surface area contributed by atoms with E-state index in [0.29, 0.717) is 6.04 Å². The number of carbonyl (C=O) groups excluding carboxylic acids is 1. The van der Waals surface area contributed by atoms with Crippen LogP contribution < -0.4 is 0 Å². The highest BCUT2D eigenvalue weighted by atomic mass is 79.9. The zero-order chi connectivity index (χ0) is 13.5. The molecule has 0 unspecified atom stereocenters. The van der Waals surface area contributed by atoms with Crippen LogP contribution in [0.4, 0.5) is 0 Å². The van der Waals surface area contributed by atoms with E-state index in [2.05, 4.69) is 43.6 Å². The molecule has 2 heterocycles. The summed E-state index contributed by atoms with van der Waals surface area (Å²) in [5.41, 5.74) is 0.766. The molecule has 1 amide bonds. The molecule has 0 aliphatic carbocycles. The molecular formula is C14H21BrN2O. The van der Waals surface area contributed by atoms with E-state index in [9.17, 15) is 4.79 Å². The summed E-state index contributed by atoms with van der Waals surface area (Å²) >= 11 is 3.47. The minimum absolute atomic E-state index is 0.0182. The molecule has 100 valence electrons. The number of aromatic nitrogens is 1. The van der Waals surface area contributed by atoms with Gasteiger partial charge in [-0.3, -0.25) is 4.79 Å². The van der Waals surface area contributed by atoms with Crippen molar-refractivity contribution in [3.8, 4) is 0 Å². The maximum Gasteiger partial charge on any atom is 0.270 e. The molecule has 0 spiro atoms. The van der Waals surface area contributed by atoms with E-state index in [0.717, 1.165) is 29.6 Å². The van der Waals surface area contributed by atoms with E-state index in [1.165, 1.54) is 0 Å². The van der Waals surface area contributed by atoms with Gasteiger partial charge in [0.05, 0.1) is 0 Å². The first-order chi connectivity index (χ1) is 8.33. The number of carbonyl (C=O) groups is 1. The highest BCUT2D eigenvalue weighted by molar-refractivity contribution is 9.10. The molecule has 0 N–H and O–H groups in total. The molecule has 3 nitrogen and oxygen atoms in total. The average Bonchev–Trinajstić information content (AvgIpc) is 2.80. The van der Waals surface area contributed by atoms with Crippen LogP contribution in [0.25, 0.3) is 0 Å². The summed E-state index contributed by atoms with van der Waals surface area (Å²) in [5, 5.41) is 0. The van der Waals surface area contributed by atoms with Crippen molar-refractivity contribution in [2.24, 2.45) is 0 Å². The first-order valence-corrected chi connectivity index (χ1v) is 7.31. The summed E-state index contributed by atoms with van der Waals surface area (Å²) in [5.74, 6) is 0.150. The third-order valence-corrected chi connectivity index (χ3v) is 4.17. The number of amides is 1. The Kier molecular flexibility index (Phi) is 3.58. The lowest BCUT2D eigenvalue weighted by atomic mass is 10.0. The molecule has 0 atom stereocenters. The molecular weight excluding hydrogens is 292 g/mol. The van der Waals surface area contributed by atoms with Crippen molar-refractivity contribution in [2.45, 2.75) is 52.1 Å². The van der Waals surface area contributed by atoms with Gasteiger partial charge in [0.15, 0.2) is 0 Å². The second-order valence-electron chi connectivity index (χ2n) is 5.92. The second-order valence-corrected chi connectivity index (χ2v) is 6.83. The standard InChI is InChI=1S/C14H21BrN2O/c1-10(2)16-9-11(15)8-12(16)13(18)17-7-5-6-14(17,3)4/h8-10H,5-7H2,1-4H3. The quantitative estimate of drug-likeness (QED) is 0.814. The molecule has 1 aromatic heterocycles. The van der Waals surface area contributed by atoms with Crippen LogP contribution in [0.1, 0.15) is 57.1 Å². The highest BCUT2D eigenvalue weighted by Crippen LogP contribution is 2.31. The Morgan fingerprint density at radius 3 is 2.61 bits per heavy atom. The van der Waals surface area contributed by atoms with Gasteiger partial charge in [-0.05, 0) is 62.5 Å². The number of hydrogen-bond acceptors (Lipinski definition) is 1. The number of rotatable bonds is 2. The van der Waals surface area contributed by atoms with Crippen LogP contribution in [-0.2, 0) is 0 Å². The van der Waals surface area contributed by atoms with Crippen LogP contribution in [0.3, 0.4) is 0 Å². The van der Waals surface area contributed by atoms with E-state index in [1.807, 2.05) is 21.7 Å². The molecule has 1 aliphatic heterocycles. The molecule has 0 saturated carbocycles. The Bertz CT molecular complexity index is 462. The molecule has 0 radical (unpaired) electrons. The van der Waals surface area contributed by atoms with Gasteiger partial charge in [0, 0.05) is 28.8 Å². The van der Waals surface area contributed by atoms with Crippen molar-refractivity contribution < 1.29 is 4.79 Å². The van der Waals surface area contributed by atoms with Crippen molar-refractivity contribution in [3.05, 3.63) is 22.4 Å². The monoisotopic (exact) mass is 312 g/mol. The molecule has 1 saturated heterocycles. The Balaban J connectivity index is 2.34. The highest BCUT2D eigenvalue weighted by Gasteiger charge is 2.36. The van der Waals surface area contributed by atoms with E-state index >= 15 is 0 Å². The zero-order valence-electron chi connectivity index (χ0n) is 11.5. The first-order valence-electron chi connectivity index (χ1n) is 6.52. The van der Waals surface area contributed by atoms with Crippen molar-refractivity contribution in [1.82, 2.24) is 9.47 Å². The van der Waals surface area contributed by atoms with E-state index in [-0.39, 0.29) is 11.4 Å². The van der Waals surface area contributed by atoms with Gasteiger partial charge in [-0.15, -0.1) is 0 Å². The summed E-state index contributed by atoms with van der Waals surface area (Å²) in [4.78, 5) is 14.7. The van der Waals surface area contributed by atoms with Crippen molar-refractivity contribution in [3.63, 3.8) is 0 Å². The predicted molar refractivity (Wildman–Crippen MR) is 76.9 cm³/mol. The van der Waals surface area contributed by atoms with Crippen LogP contribution in [0.5, 0.6) is 0 Å². The van der Waals surface area contributed by atoms with Gasteiger partial charge in [-0.25, -0.2) is 0 Å². The summed E-state index contributed by atoms with van der Waals surface area (Å²) < 4.78 is 3.01. The lowest BCUT2D eigenvalue weighted by Gasteiger charge is -2.32. The largest absolute Gasteiger partial charge is 0.340 e. The minimum Gasteiger partial charge on any atom is -0.340 e. The Morgan fingerprint density at radius 2 is 2.11 bits per heavy atom. The molecule has 1 aliphatic rings. The zero-order valence-corrected chi connectivity index (χ0v) is 13.1. The van der Waals surface area contributed by atoms with Crippen LogP contribution in [-0.4, -0.2) is 27.5 Å². The van der Waals surface area contributed by atoms with Crippen LogP contribution in [0.15, 0.2) is 16.7 Å². The smallest absolute Gasteiger partial charge is 0.270 e. The molecule has 0 aromatic carbocycles. The molecule has 18 heavy (non-hydrogen) atoms. The molecule has 4 heteroatoms. The van der Waals surface area contributed by atoms with Gasteiger partial charge in [0.2, 0.25) is 0 Å². The third-order valence-electron chi connectivity index (χ3n) is 3.74. The Morgan fingerprint density at radius 1 is 1.44 bits per heavy atom. The second kappa shape index (κ2) is 4.72. The van der Waals surface area contributed by atoms with Gasteiger partial charge in [0.25, 0.3) is 5.91 Å². The normalized spacial score (nSPS) is 18.7. The van der Waals surface area contributed by atoms with Gasteiger partial charge in [-0.1, -0.05) is 0 Å². The van der Waals surface area contributed by atoms with Gasteiger partial charge in [0.1, 0.15) is 5.69 Å². The Hall–Kier alpha value is -0.770. The third kappa shape index (κ3) is 2.35. The summed E-state index contributed by atoms with van der Waals surface area (Å²) in [6.45, 7) is 9.36. The summed E-state index contributed by atoms with van der Waals surface area (Å²) in [7, 11) is 0. The number of halogens is 1. The van der Waals surface area contributed by atoms with Crippen molar-refractivity contribution in [2.75, 3.05) is 6.54 Å². The molecule has 2 rings (SSSR count). The van der Waals surface area contributed by atoms with E-state index < -0.39 is 0 Å². The SMILES string of the molecule is CC(C)n1cc(Br)cc1C(=O)N1CCCC1(C)C. The maximum absolute atomic E-state index is 12.7. The summed E-state index contributed by atoms with van der Waals surface area (Å²) in [6, 6.07) is 2.22. The van der Waals surface area contributed by atoms with Gasteiger partial charge >= 0.3 is 0 Å². The van der Waals surface area contributed by atoms with Gasteiger partial charge < -0.3 is 9.47 Å². The summed E-state index contributed by atoms with van der Waals surface area (Å²) in [6.07, 6.45) is 4.17. The molecule has 1 aromatic rings. The first kappa shape index (κ1) is 13.7. The average molecular weight is 313 g/mol. The lowest BCUT2D eigenvalue weighted by Crippen LogP contribution is -2.43. The minimum atomic E-state index is -0.0182. The Labute approximate surface area is 117 Å². The molecule has 1 fully saturated rings. The van der Waals surface area contributed by atoms with Crippen LogP contribution >= 0.6 is 15.9 Å². The van der Waals surface area contributed by atoms with Gasteiger partial charge in [-0.2, -0.15) is 0 Å². The van der Waals surface area contributed by atoms with E-state index in [4.69, 9.17) is 0 Å². The van der Waals surface area contributed by atoms with Crippen molar-refractivity contribution in [1.29, 1.82) is 0 Å².